The molecule has 2 nitrogen and oxygen atoms in total. The van der Waals surface area contributed by atoms with Gasteiger partial charge in [-0.3, -0.25) is 0 Å². The minimum absolute atomic E-state index is 0. The molecule has 4 heteroatoms. The Morgan fingerprint density at radius 1 is 0.571 bits per heavy atom. The Labute approximate surface area is 182 Å². The van der Waals surface area contributed by atoms with Gasteiger partial charge in [0.05, 0.1) is 0 Å². The normalized spacial score (nSPS) is 15.0. The van der Waals surface area contributed by atoms with E-state index in [0.29, 0.717) is 0 Å². The molecule has 0 unspecified atom stereocenters. The first-order valence-corrected chi connectivity index (χ1v) is 18.3. The smallest absolute Gasteiger partial charge is 0.186 e. The van der Waals surface area contributed by atoms with Gasteiger partial charge in [0, 0.05) is 14.2 Å². The van der Waals surface area contributed by atoms with Gasteiger partial charge in [0.15, 0.2) is 16.6 Å². The number of hydrogen-bond acceptors (Lipinski definition) is 2. The van der Waals surface area contributed by atoms with E-state index in [0.717, 1.165) is 0 Å². The fourth-order valence-electron chi connectivity index (χ4n) is 2.85. The molecule has 0 N–H and O–H groups in total. The summed E-state index contributed by atoms with van der Waals surface area (Å²) >= 11 is 0. The van der Waals surface area contributed by atoms with E-state index in [2.05, 4.69) is 39.7 Å². The quantitative estimate of drug-likeness (QED) is 0.265. The largest absolute Gasteiger partial charge is 0.421 e. The zero-order chi connectivity index (χ0) is 21.0. The van der Waals surface area contributed by atoms with Gasteiger partial charge < -0.3 is 8.85 Å². The Balaban J connectivity index is -0.000000357. The zero-order valence-corrected chi connectivity index (χ0v) is 22.4. The Hall–Kier alpha value is 0.354. The van der Waals surface area contributed by atoms with Crippen molar-refractivity contribution in [2.45, 2.75) is 143 Å². The van der Waals surface area contributed by atoms with Gasteiger partial charge in [-0.05, 0) is 38.8 Å². The lowest BCUT2D eigenvalue weighted by Gasteiger charge is -2.19. The number of unbranched alkanes of at least 4 members (excludes halogenated alkanes) is 5. The van der Waals surface area contributed by atoms with E-state index in [1.165, 1.54) is 95.9 Å². The second kappa shape index (κ2) is 22.0. The van der Waals surface area contributed by atoms with Gasteiger partial charge in [-0.1, -0.05) is 104 Å². The maximum atomic E-state index is 5.50. The van der Waals surface area contributed by atoms with Crippen molar-refractivity contribution in [1.29, 1.82) is 0 Å². The molecular weight excluding hydrogens is 376 g/mol. The molecule has 0 atom stereocenters. The second-order valence-corrected chi connectivity index (χ2v) is 18.7. The van der Waals surface area contributed by atoms with Gasteiger partial charge >= 0.3 is 0 Å². The van der Waals surface area contributed by atoms with E-state index in [1.54, 1.807) is 7.11 Å². The molecule has 174 valence electrons. The summed E-state index contributed by atoms with van der Waals surface area (Å²) in [5, 5.41) is 0. The molecule has 0 radical (unpaired) electrons. The van der Waals surface area contributed by atoms with Crippen molar-refractivity contribution < 1.29 is 8.85 Å². The first-order valence-electron chi connectivity index (χ1n) is 11.8. The maximum absolute atomic E-state index is 5.50. The summed E-state index contributed by atoms with van der Waals surface area (Å²) in [6, 6.07) is 1.33. The molecule has 0 aromatic heterocycles. The van der Waals surface area contributed by atoms with Crippen LogP contribution < -0.4 is 0 Å². The highest BCUT2D eigenvalue weighted by Gasteiger charge is 2.18. The van der Waals surface area contributed by atoms with Crippen molar-refractivity contribution in [3.63, 3.8) is 0 Å². The van der Waals surface area contributed by atoms with Gasteiger partial charge in [0.1, 0.15) is 0 Å². The van der Waals surface area contributed by atoms with E-state index in [-0.39, 0.29) is 7.43 Å². The van der Waals surface area contributed by atoms with Crippen molar-refractivity contribution in [3.8, 4) is 0 Å². The number of rotatable bonds is 9. The van der Waals surface area contributed by atoms with Crippen LogP contribution in [-0.4, -0.2) is 30.9 Å². The zero-order valence-electron chi connectivity index (χ0n) is 20.4. The molecule has 0 amide bonds. The highest BCUT2D eigenvalue weighted by atomic mass is 28.4. The molecule has 1 aliphatic rings. The third-order valence-electron chi connectivity index (χ3n) is 5.30. The Kier molecular flexibility index (Phi) is 26.0. The second-order valence-electron chi connectivity index (χ2n) is 9.63. The number of hydrogen-bond donors (Lipinski definition) is 0. The molecule has 0 aromatic rings. The molecule has 0 saturated heterocycles. The van der Waals surface area contributed by atoms with E-state index >= 15 is 0 Å². The van der Waals surface area contributed by atoms with Gasteiger partial charge in [-0.15, -0.1) is 0 Å². The van der Waals surface area contributed by atoms with Crippen LogP contribution in [0, 0.1) is 0 Å². The standard InChI is InChI=1S/C11H26OSi.C8H16.C4H12OSi.CH4/c1-5-6-7-8-9-10-11-13(3,4)12-2;1-2-4-6-8-7-5-3-1;1-5-6(2,3)4;/h5-11H2,1-4H3;1-8H2;1-4H3;1H4. The third kappa shape index (κ3) is 31.1. The lowest BCUT2D eigenvalue weighted by atomic mass is 10.0. The topological polar surface area (TPSA) is 18.5 Å². The monoisotopic (exact) mass is 434 g/mol. The average Bonchev–Trinajstić information content (AvgIpc) is 2.58. The van der Waals surface area contributed by atoms with Crippen molar-refractivity contribution in [2.75, 3.05) is 14.2 Å². The first kappa shape index (κ1) is 33.0. The summed E-state index contributed by atoms with van der Waals surface area (Å²) in [5.74, 6) is 0. The molecule has 0 bridgehead atoms. The lowest BCUT2D eigenvalue weighted by molar-refractivity contribution is 0.400. The van der Waals surface area contributed by atoms with Crippen LogP contribution in [0.5, 0.6) is 0 Å². The summed E-state index contributed by atoms with van der Waals surface area (Å²) in [7, 11) is 1.26. The van der Waals surface area contributed by atoms with Crippen LogP contribution in [0.3, 0.4) is 0 Å². The van der Waals surface area contributed by atoms with Gasteiger partial charge in [0.25, 0.3) is 0 Å². The summed E-state index contributed by atoms with van der Waals surface area (Å²) in [6.07, 6.45) is 20.4. The molecule has 0 spiro atoms. The SMILES string of the molecule is C.C1CCCCCCC1.CCCCCCCC[Si](C)(C)OC.CO[Si](C)(C)C. The third-order valence-corrected chi connectivity index (χ3v) is 9.18. The molecule has 28 heavy (non-hydrogen) atoms. The minimum atomic E-state index is -1.25. The molecule has 0 aromatic carbocycles. The molecule has 0 aliphatic heterocycles. The van der Waals surface area contributed by atoms with Crippen molar-refractivity contribution >= 4 is 16.6 Å². The Morgan fingerprint density at radius 3 is 1.18 bits per heavy atom. The summed E-state index contributed by atoms with van der Waals surface area (Å²) in [5.41, 5.74) is 0. The first-order chi connectivity index (χ1) is 12.7. The molecular formula is C24H58O2Si2. The fourth-order valence-corrected chi connectivity index (χ4v) is 4.15. The van der Waals surface area contributed by atoms with Gasteiger partial charge in [-0.2, -0.15) is 0 Å². The van der Waals surface area contributed by atoms with Crippen LogP contribution in [0.4, 0.5) is 0 Å². The predicted octanol–water partition coefficient (Wildman–Crippen LogP) is 9.42. The lowest BCUT2D eigenvalue weighted by Crippen LogP contribution is -2.27. The Morgan fingerprint density at radius 2 is 0.893 bits per heavy atom. The molecule has 1 rings (SSSR count). The maximum Gasteiger partial charge on any atom is 0.186 e. The molecule has 1 saturated carbocycles. The van der Waals surface area contributed by atoms with Crippen LogP contribution >= 0.6 is 0 Å². The van der Waals surface area contributed by atoms with Gasteiger partial charge in [-0.25, -0.2) is 0 Å². The molecule has 1 aliphatic carbocycles. The van der Waals surface area contributed by atoms with Gasteiger partial charge in [0.2, 0.25) is 0 Å². The van der Waals surface area contributed by atoms with Crippen molar-refractivity contribution in [3.05, 3.63) is 0 Å². The van der Waals surface area contributed by atoms with E-state index < -0.39 is 16.6 Å². The Bertz CT molecular complexity index is 265. The minimum Gasteiger partial charge on any atom is -0.421 e. The van der Waals surface area contributed by atoms with E-state index in [9.17, 15) is 0 Å². The predicted molar refractivity (Wildman–Crippen MR) is 137 cm³/mol. The van der Waals surface area contributed by atoms with Crippen LogP contribution in [0.15, 0.2) is 0 Å². The van der Waals surface area contributed by atoms with Crippen molar-refractivity contribution in [1.82, 2.24) is 0 Å². The average molecular weight is 435 g/mol. The van der Waals surface area contributed by atoms with Crippen LogP contribution in [-0.2, 0) is 8.85 Å². The fraction of sp³-hybridized carbons (Fsp3) is 1.00. The van der Waals surface area contributed by atoms with Crippen LogP contribution in [0.2, 0.25) is 38.8 Å². The summed E-state index contributed by atoms with van der Waals surface area (Å²) in [4.78, 5) is 0. The van der Waals surface area contributed by atoms with E-state index in [1.807, 2.05) is 7.11 Å². The molecule has 0 heterocycles. The van der Waals surface area contributed by atoms with E-state index in [4.69, 9.17) is 8.85 Å². The van der Waals surface area contributed by atoms with Crippen LogP contribution in [0.25, 0.3) is 0 Å². The highest BCUT2D eigenvalue weighted by molar-refractivity contribution is 6.71. The van der Waals surface area contributed by atoms with Crippen LogP contribution in [0.1, 0.15) is 104 Å². The molecule has 1 fully saturated rings. The summed E-state index contributed by atoms with van der Waals surface area (Å²) < 4.78 is 10.6. The van der Waals surface area contributed by atoms with Crippen molar-refractivity contribution in [2.24, 2.45) is 0 Å². The summed E-state index contributed by atoms with van der Waals surface area (Å²) in [6.45, 7) is 13.4. The highest BCUT2D eigenvalue weighted by Crippen LogP contribution is 2.16.